The molecule has 2 N–H and O–H groups in total. The van der Waals surface area contributed by atoms with Gasteiger partial charge in [-0.05, 0) is 50.6 Å². The Labute approximate surface area is 163 Å². The number of likely N-dealkylation sites (N-methyl/N-ethyl adjacent to an activating group) is 2. The highest BCUT2D eigenvalue weighted by molar-refractivity contribution is 14.0. The number of guanidine groups is 1. The van der Waals surface area contributed by atoms with Crippen molar-refractivity contribution in [2.24, 2.45) is 4.99 Å². The van der Waals surface area contributed by atoms with E-state index >= 15 is 0 Å². The maximum atomic E-state index is 9.35. The lowest BCUT2D eigenvalue weighted by Crippen LogP contribution is -2.45. The lowest BCUT2D eigenvalue weighted by molar-refractivity contribution is 0.232. The number of phenolic OH excluding ortho intramolecular Hbond substituents is 1. The van der Waals surface area contributed by atoms with Crippen LogP contribution in [0.5, 0.6) is 5.75 Å². The number of aromatic hydroxyl groups is 1. The van der Waals surface area contributed by atoms with Crippen LogP contribution in [-0.2, 0) is 6.54 Å². The molecule has 0 bridgehead atoms. The molecule has 0 radical (unpaired) electrons. The molecule has 2 rings (SSSR count). The molecule has 1 fully saturated rings. The standard InChI is InChI=1S/C18H30N4O.HI/c1-4-19-18(20-13-15-8-10-17(23)11-9-15)21(3)14-16-7-6-12-22(16)5-2;/h8-11,16,23H,4-7,12-14H2,1-3H3,(H,19,20);1H. The summed E-state index contributed by atoms with van der Waals surface area (Å²) in [7, 11) is 2.12. The summed E-state index contributed by atoms with van der Waals surface area (Å²) in [6, 6.07) is 7.87. The van der Waals surface area contributed by atoms with Crippen molar-refractivity contribution in [3.05, 3.63) is 29.8 Å². The van der Waals surface area contributed by atoms with E-state index in [0.29, 0.717) is 18.3 Å². The Hall–Kier alpha value is -1.02. The van der Waals surface area contributed by atoms with Gasteiger partial charge in [0, 0.05) is 26.2 Å². The molecule has 1 aliphatic rings. The summed E-state index contributed by atoms with van der Waals surface area (Å²) in [4.78, 5) is 9.53. The first kappa shape index (κ1) is 21.0. The number of likely N-dealkylation sites (tertiary alicyclic amines) is 1. The van der Waals surface area contributed by atoms with E-state index in [-0.39, 0.29) is 24.0 Å². The third kappa shape index (κ3) is 6.12. The Kier molecular flexibility index (Phi) is 9.43. The Balaban J connectivity index is 0.00000288. The number of hydrogen-bond acceptors (Lipinski definition) is 3. The molecular weight excluding hydrogens is 415 g/mol. The van der Waals surface area contributed by atoms with Crippen LogP contribution in [0.1, 0.15) is 32.3 Å². The van der Waals surface area contributed by atoms with E-state index in [1.54, 1.807) is 12.1 Å². The van der Waals surface area contributed by atoms with Gasteiger partial charge in [-0.15, -0.1) is 24.0 Å². The second-order valence-electron chi connectivity index (χ2n) is 6.14. The highest BCUT2D eigenvalue weighted by Gasteiger charge is 2.24. The van der Waals surface area contributed by atoms with Crippen LogP contribution >= 0.6 is 24.0 Å². The SMILES string of the molecule is CCNC(=NCc1ccc(O)cc1)N(C)CC1CCCN1CC.I. The number of nitrogens with one attached hydrogen (secondary N) is 1. The first-order chi connectivity index (χ1) is 11.1. The Morgan fingerprint density at radius 3 is 2.67 bits per heavy atom. The number of benzene rings is 1. The molecule has 0 spiro atoms. The number of nitrogens with zero attached hydrogens (tertiary/aromatic N) is 3. The van der Waals surface area contributed by atoms with E-state index < -0.39 is 0 Å². The maximum Gasteiger partial charge on any atom is 0.194 e. The molecule has 0 aliphatic carbocycles. The van der Waals surface area contributed by atoms with Crippen LogP contribution in [-0.4, -0.2) is 60.1 Å². The van der Waals surface area contributed by atoms with Crippen LogP contribution in [0.2, 0.25) is 0 Å². The molecule has 1 aliphatic heterocycles. The van der Waals surface area contributed by atoms with Gasteiger partial charge in [0.1, 0.15) is 5.75 Å². The maximum absolute atomic E-state index is 9.35. The summed E-state index contributed by atoms with van der Waals surface area (Å²) in [5.74, 6) is 1.24. The normalized spacial score (nSPS) is 18.3. The zero-order valence-electron chi connectivity index (χ0n) is 15.0. The zero-order chi connectivity index (χ0) is 16.7. The fraction of sp³-hybridized carbons (Fsp3) is 0.611. The molecule has 1 aromatic carbocycles. The molecule has 1 atom stereocenters. The molecule has 136 valence electrons. The van der Waals surface area contributed by atoms with E-state index in [0.717, 1.165) is 31.2 Å². The molecule has 0 saturated carbocycles. The lowest BCUT2D eigenvalue weighted by Gasteiger charge is -2.29. The van der Waals surface area contributed by atoms with E-state index in [9.17, 15) is 5.11 Å². The van der Waals surface area contributed by atoms with Crippen molar-refractivity contribution in [3.63, 3.8) is 0 Å². The first-order valence-corrected chi connectivity index (χ1v) is 8.65. The van der Waals surface area contributed by atoms with Gasteiger partial charge in [-0.3, -0.25) is 4.90 Å². The molecule has 0 aromatic heterocycles. The van der Waals surface area contributed by atoms with Crippen LogP contribution < -0.4 is 5.32 Å². The van der Waals surface area contributed by atoms with Crippen LogP contribution in [0, 0.1) is 0 Å². The quantitative estimate of drug-likeness (QED) is 0.401. The molecule has 6 heteroatoms. The molecule has 24 heavy (non-hydrogen) atoms. The molecular formula is C18H31IN4O. The van der Waals surface area contributed by atoms with Crippen molar-refractivity contribution in [3.8, 4) is 5.75 Å². The van der Waals surface area contributed by atoms with E-state index in [4.69, 9.17) is 4.99 Å². The fourth-order valence-electron chi connectivity index (χ4n) is 3.16. The van der Waals surface area contributed by atoms with Crippen LogP contribution in [0.15, 0.2) is 29.3 Å². The van der Waals surface area contributed by atoms with Crippen molar-refractivity contribution < 1.29 is 5.11 Å². The van der Waals surface area contributed by atoms with Gasteiger partial charge in [0.15, 0.2) is 5.96 Å². The average Bonchev–Trinajstić information content (AvgIpc) is 3.00. The zero-order valence-corrected chi connectivity index (χ0v) is 17.4. The number of hydrogen-bond donors (Lipinski definition) is 2. The minimum absolute atomic E-state index is 0. The third-order valence-corrected chi connectivity index (χ3v) is 4.43. The molecule has 1 aromatic rings. The summed E-state index contributed by atoms with van der Waals surface area (Å²) in [6.07, 6.45) is 2.57. The average molecular weight is 446 g/mol. The highest BCUT2D eigenvalue weighted by atomic mass is 127. The topological polar surface area (TPSA) is 51.1 Å². The van der Waals surface area contributed by atoms with Gasteiger partial charge in [-0.2, -0.15) is 0 Å². The van der Waals surface area contributed by atoms with Crippen molar-refractivity contribution in [2.45, 2.75) is 39.3 Å². The van der Waals surface area contributed by atoms with Gasteiger partial charge in [0.05, 0.1) is 6.54 Å². The van der Waals surface area contributed by atoms with Gasteiger partial charge in [0.2, 0.25) is 0 Å². The van der Waals surface area contributed by atoms with Crippen LogP contribution in [0.3, 0.4) is 0 Å². The van der Waals surface area contributed by atoms with Crippen molar-refractivity contribution in [1.82, 2.24) is 15.1 Å². The second-order valence-corrected chi connectivity index (χ2v) is 6.14. The number of rotatable bonds is 6. The lowest BCUT2D eigenvalue weighted by atomic mass is 10.2. The summed E-state index contributed by atoms with van der Waals surface area (Å²) >= 11 is 0. The Morgan fingerprint density at radius 1 is 1.33 bits per heavy atom. The fourth-order valence-corrected chi connectivity index (χ4v) is 3.16. The van der Waals surface area contributed by atoms with Crippen LogP contribution in [0.4, 0.5) is 0 Å². The van der Waals surface area contributed by atoms with Gasteiger partial charge >= 0.3 is 0 Å². The van der Waals surface area contributed by atoms with Gasteiger partial charge in [-0.1, -0.05) is 19.1 Å². The number of aliphatic imine (C=N–C) groups is 1. The number of phenols is 1. The largest absolute Gasteiger partial charge is 0.508 e. The number of halogens is 1. The van der Waals surface area contributed by atoms with E-state index in [1.807, 2.05) is 12.1 Å². The van der Waals surface area contributed by atoms with E-state index in [2.05, 4.69) is 36.0 Å². The second kappa shape index (κ2) is 10.8. The van der Waals surface area contributed by atoms with E-state index in [1.165, 1.54) is 19.4 Å². The van der Waals surface area contributed by atoms with Gasteiger partial charge < -0.3 is 15.3 Å². The Morgan fingerprint density at radius 2 is 2.04 bits per heavy atom. The summed E-state index contributed by atoms with van der Waals surface area (Å²) < 4.78 is 0. The van der Waals surface area contributed by atoms with Crippen molar-refractivity contribution in [1.29, 1.82) is 0 Å². The molecule has 1 saturated heterocycles. The molecule has 0 amide bonds. The minimum Gasteiger partial charge on any atom is -0.508 e. The van der Waals surface area contributed by atoms with Crippen molar-refractivity contribution >= 4 is 29.9 Å². The van der Waals surface area contributed by atoms with Gasteiger partial charge in [0.25, 0.3) is 0 Å². The molecule has 1 unspecified atom stereocenters. The van der Waals surface area contributed by atoms with Gasteiger partial charge in [-0.25, -0.2) is 4.99 Å². The van der Waals surface area contributed by atoms with Crippen LogP contribution in [0.25, 0.3) is 0 Å². The molecule has 5 nitrogen and oxygen atoms in total. The van der Waals surface area contributed by atoms with Crippen molar-refractivity contribution in [2.75, 3.05) is 33.2 Å². The summed E-state index contributed by atoms with van der Waals surface area (Å²) in [6.45, 7) is 9.17. The predicted molar refractivity (Wildman–Crippen MR) is 111 cm³/mol. The Bertz CT molecular complexity index is 506. The minimum atomic E-state index is 0. The summed E-state index contributed by atoms with van der Waals surface area (Å²) in [5, 5.41) is 12.7. The smallest absolute Gasteiger partial charge is 0.194 e. The molecule has 1 heterocycles. The summed E-state index contributed by atoms with van der Waals surface area (Å²) in [5.41, 5.74) is 1.10. The third-order valence-electron chi connectivity index (χ3n) is 4.43. The monoisotopic (exact) mass is 446 g/mol. The highest BCUT2D eigenvalue weighted by Crippen LogP contribution is 2.17. The predicted octanol–water partition coefficient (Wildman–Crippen LogP) is 2.89. The first-order valence-electron chi connectivity index (χ1n) is 8.65.